The molecule has 4 heteroatoms. The van der Waals surface area contributed by atoms with E-state index in [0.717, 1.165) is 12.0 Å². The first-order valence-electron chi connectivity index (χ1n) is 3.90. The predicted octanol–water partition coefficient (Wildman–Crippen LogP) is 2.08. The summed E-state index contributed by atoms with van der Waals surface area (Å²) in [7, 11) is 0. The number of hydrogen-bond donors (Lipinski definition) is 2. The molecule has 0 radical (unpaired) electrons. The largest absolute Gasteiger partial charge is 0.508 e. The predicted molar refractivity (Wildman–Crippen MR) is 59.2 cm³/mol. The van der Waals surface area contributed by atoms with Crippen molar-refractivity contribution in [3.05, 3.63) is 29.8 Å². The van der Waals surface area contributed by atoms with Crippen LogP contribution in [0.4, 0.5) is 4.79 Å². The molecule has 0 spiro atoms. The van der Waals surface area contributed by atoms with Crippen LogP contribution in [0.1, 0.15) is 5.56 Å². The summed E-state index contributed by atoms with van der Waals surface area (Å²) in [6.45, 7) is 0.631. The zero-order chi connectivity index (χ0) is 9.68. The number of hydrogen-bond acceptors (Lipinski definition) is 2. The second kappa shape index (κ2) is 5.06. The lowest BCUT2D eigenvalue weighted by Gasteiger charge is -2.01. The minimum atomic E-state index is -0.0450. The Labute approximate surface area is 90.3 Å². The Balaban J connectivity index is 2.37. The maximum atomic E-state index is 10.5. The third-order valence-electron chi connectivity index (χ3n) is 1.61. The van der Waals surface area contributed by atoms with Crippen LogP contribution in [0.25, 0.3) is 0 Å². The van der Waals surface area contributed by atoms with Gasteiger partial charge in [0.1, 0.15) is 5.75 Å². The van der Waals surface area contributed by atoms with E-state index in [1.165, 1.54) is 0 Å². The number of carbonyl (C=O) groups excluding carboxylic acids is 1. The fourth-order valence-electron chi connectivity index (χ4n) is 0.968. The number of benzene rings is 1. The van der Waals surface area contributed by atoms with Crippen LogP contribution in [0, 0.1) is 0 Å². The minimum Gasteiger partial charge on any atom is -0.508 e. The van der Waals surface area contributed by atoms with E-state index in [9.17, 15) is 4.79 Å². The summed E-state index contributed by atoms with van der Waals surface area (Å²) >= 11 is 1.70. The van der Waals surface area contributed by atoms with Crippen LogP contribution in [0.3, 0.4) is 0 Å². The highest BCUT2D eigenvalue weighted by Gasteiger charge is 1.95. The van der Waals surface area contributed by atoms with E-state index in [1.807, 2.05) is 12.1 Å². The Morgan fingerprint density at radius 2 is 2.00 bits per heavy atom. The SMILES string of the molecule is O=C(I)NCCc1ccc(O)cc1. The van der Waals surface area contributed by atoms with E-state index in [0.29, 0.717) is 6.54 Å². The van der Waals surface area contributed by atoms with Gasteiger partial charge in [-0.25, -0.2) is 0 Å². The van der Waals surface area contributed by atoms with Gasteiger partial charge in [-0.3, -0.25) is 4.79 Å². The number of phenolic OH excluding ortho intramolecular Hbond substituents is 1. The lowest BCUT2D eigenvalue weighted by atomic mass is 10.1. The van der Waals surface area contributed by atoms with Gasteiger partial charge in [-0.2, -0.15) is 0 Å². The maximum absolute atomic E-state index is 10.5. The van der Waals surface area contributed by atoms with Crippen molar-refractivity contribution in [2.75, 3.05) is 6.54 Å². The Hall–Kier alpha value is -0.780. The summed E-state index contributed by atoms with van der Waals surface area (Å²) in [5.41, 5.74) is 1.10. The van der Waals surface area contributed by atoms with Gasteiger partial charge in [0.15, 0.2) is 0 Å². The molecule has 13 heavy (non-hydrogen) atoms. The van der Waals surface area contributed by atoms with Crippen molar-refractivity contribution in [2.24, 2.45) is 0 Å². The molecule has 70 valence electrons. The van der Waals surface area contributed by atoms with Gasteiger partial charge in [-0.1, -0.05) is 12.1 Å². The maximum Gasteiger partial charge on any atom is 0.280 e. The van der Waals surface area contributed by atoms with Crippen molar-refractivity contribution >= 4 is 26.5 Å². The van der Waals surface area contributed by atoms with Crippen LogP contribution in [-0.2, 0) is 6.42 Å². The summed E-state index contributed by atoms with van der Waals surface area (Å²) in [5, 5.41) is 11.7. The molecule has 0 saturated carbocycles. The highest BCUT2D eigenvalue weighted by atomic mass is 127. The van der Waals surface area contributed by atoms with Crippen molar-refractivity contribution < 1.29 is 9.90 Å². The molecule has 1 aromatic rings. The fourth-order valence-corrected chi connectivity index (χ4v) is 1.24. The lowest BCUT2D eigenvalue weighted by molar-refractivity contribution is 0.263. The van der Waals surface area contributed by atoms with Crippen molar-refractivity contribution in [2.45, 2.75) is 6.42 Å². The number of aromatic hydroxyl groups is 1. The number of nitrogens with one attached hydrogen (secondary N) is 1. The van der Waals surface area contributed by atoms with Crippen LogP contribution in [0.2, 0.25) is 0 Å². The van der Waals surface area contributed by atoms with Gasteiger partial charge in [0, 0.05) is 29.1 Å². The quantitative estimate of drug-likeness (QED) is 0.509. The molecule has 0 fully saturated rings. The lowest BCUT2D eigenvalue weighted by Crippen LogP contribution is -2.18. The van der Waals surface area contributed by atoms with Gasteiger partial charge in [-0.15, -0.1) is 0 Å². The van der Waals surface area contributed by atoms with Crippen molar-refractivity contribution in [3.8, 4) is 5.75 Å². The molecular weight excluding hydrogens is 281 g/mol. The molecule has 1 amide bonds. The number of amides is 1. The smallest absolute Gasteiger partial charge is 0.280 e. The topological polar surface area (TPSA) is 49.3 Å². The summed E-state index contributed by atoms with van der Waals surface area (Å²) in [6.07, 6.45) is 0.787. The third-order valence-corrected chi connectivity index (χ3v) is 2.00. The summed E-state index contributed by atoms with van der Waals surface area (Å²) < 4.78 is -0.0450. The Morgan fingerprint density at radius 3 is 2.54 bits per heavy atom. The highest BCUT2D eigenvalue weighted by molar-refractivity contribution is 14.1. The highest BCUT2D eigenvalue weighted by Crippen LogP contribution is 2.09. The monoisotopic (exact) mass is 291 g/mol. The fraction of sp³-hybridized carbons (Fsp3) is 0.222. The van der Waals surface area contributed by atoms with Crippen molar-refractivity contribution in [3.63, 3.8) is 0 Å². The van der Waals surface area contributed by atoms with Crippen LogP contribution < -0.4 is 5.32 Å². The Kier molecular flexibility index (Phi) is 4.01. The number of carbonyl (C=O) groups is 1. The molecule has 0 heterocycles. The Bertz CT molecular complexity index is 284. The average Bonchev–Trinajstić information content (AvgIpc) is 2.08. The van der Waals surface area contributed by atoms with Crippen molar-refractivity contribution in [1.82, 2.24) is 5.32 Å². The summed E-state index contributed by atoms with van der Waals surface area (Å²) in [4.78, 5) is 10.5. The van der Waals surface area contributed by atoms with E-state index < -0.39 is 0 Å². The van der Waals surface area contributed by atoms with Crippen LogP contribution in [-0.4, -0.2) is 15.6 Å². The zero-order valence-corrected chi connectivity index (χ0v) is 9.11. The summed E-state index contributed by atoms with van der Waals surface area (Å²) in [5.74, 6) is 0.265. The van der Waals surface area contributed by atoms with E-state index in [4.69, 9.17) is 5.11 Å². The van der Waals surface area contributed by atoms with Gasteiger partial charge in [0.05, 0.1) is 0 Å². The first kappa shape index (κ1) is 10.3. The average molecular weight is 291 g/mol. The molecule has 0 aliphatic heterocycles. The van der Waals surface area contributed by atoms with Gasteiger partial charge >= 0.3 is 0 Å². The normalized spacial score (nSPS) is 9.62. The van der Waals surface area contributed by atoms with Gasteiger partial charge in [0.25, 0.3) is 3.91 Å². The molecule has 0 saturated heterocycles. The summed E-state index contributed by atoms with van der Waals surface area (Å²) in [6, 6.07) is 6.96. The third kappa shape index (κ3) is 4.12. The zero-order valence-electron chi connectivity index (χ0n) is 6.96. The van der Waals surface area contributed by atoms with Gasteiger partial charge in [-0.05, 0) is 24.1 Å². The minimum absolute atomic E-state index is 0.0450. The van der Waals surface area contributed by atoms with Crippen LogP contribution >= 0.6 is 22.6 Å². The Morgan fingerprint density at radius 1 is 1.38 bits per heavy atom. The number of rotatable bonds is 3. The van der Waals surface area contributed by atoms with E-state index in [-0.39, 0.29) is 9.66 Å². The standard InChI is InChI=1S/C9H10INO2/c10-9(13)11-6-5-7-1-3-8(12)4-2-7/h1-4,12H,5-6H2,(H,11,13). The van der Waals surface area contributed by atoms with Crippen LogP contribution in [0.5, 0.6) is 5.75 Å². The van der Waals surface area contributed by atoms with E-state index in [2.05, 4.69) is 5.32 Å². The second-order valence-corrected chi connectivity index (χ2v) is 3.60. The first-order chi connectivity index (χ1) is 6.18. The molecule has 2 N–H and O–H groups in total. The van der Waals surface area contributed by atoms with Gasteiger partial charge < -0.3 is 10.4 Å². The van der Waals surface area contributed by atoms with Crippen molar-refractivity contribution in [1.29, 1.82) is 0 Å². The van der Waals surface area contributed by atoms with Crippen LogP contribution in [0.15, 0.2) is 24.3 Å². The molecular formula is C9H10INO2. The molecule has 0 unspecified atom stereocenters. The van der Waals surface area contributed by atoms with Gasteiger partial charge in [0.2, 0.25) is 0 Å². The van der Waals surface area contributed by atoms with E-state index >= 15 is 0 Å². The second-order valence-electron chi connectivity index (χ2n) is 2.62. The molecule has 1 rings (SSSR count). The molecule has 0 bridgehead atoms. The first-order valence-corrected chi connectivity index (χ1v) is 4.97. The molecule has 3 nitrogen and oxygen atoms in total. The molecule has 1 aromatic carbocycles. The molecule has 0 aromatic heterocycles. The van der Waals surface area contributed by atoms with E-state index in [1.54, 1.807) is 34.7 Å². The number of phenols is 1. The molecule has 0 aliphatic carbocycles. The number of halogens is 1. The molecule has 0 aliphatic rings. The molecule has 0 atom stereocenters.